The maximum Gasteiger partial charge on any atom is 0.325 e. The van der Waals surface area contributed by atoms with Crippen LogP contribution in [0.25, 0.3) is 0 Å². The van der Waals surface area contributed by atoms with Gasteiger partial charge in [0.15, 0.2) is 5.92 Å². The summed E-state index contributed by atoms with van der Waals surface area (Å²) >= 11 is 0. The first kappa shape index (κ1) is 14.5. The predicted octanol–water partition coefficient (Wildman–Crippen LogP) is 2.40. The SMILES string of the molecule is COC(=O)C(C#N)C1CC(c2ccc(F)cc2)CCO1. The van der Waals surface area contributed by atoms with Crippen LogP contribution in [0.1, 0.15) is 24.3 Å². The molecule has 1 saturated heterocycles. The summed E-state index contributed by atoms with van der Waals surface area (Å²) in [5.74, 6) is -1.60. The highest BCUT2D eigenvalue weighted by Crippen LogP contribution is 2.33. The normalized spacial score (nSPS) is 23.6. The van der Waals surface area contributed by atoms with Gasteiger partial charge in [0.05, 0.1) is 19.3 Å². The molecule has 0 aromatic heterocycles. The summed E-state index contributed by atoms with van der Waals surface area (Å²) in [7, 11) is 1.26. The minimum absolute atomic E-state index is 0.162. The van der Waals surface area contributed by atoms with Crippen LogP contribution < -0.4 is 0 Å². The van der Waals surface area contributed by atoms with E-state index in [2.05, 4.69) is 4.74 Å². The number of nitriles is 1. The molecule has 1 aromatic carbocycles. The van der Waals surface area contributed by atoms with Crippen LogP contribution in [0.2, 0.25) is 0 Å². The van der Waals surface area contributed by atoms with Gasteiger partial charge in [0.2, 0.25) is 0 Å². The number of hydrogen-bond donors (Lipinski definition) is 0. The molecule has 1 heterocycles. The molecule has 1 aromatic rings. The fraction of sp³-hybridized carbons (Fsp3) is 0.467. The second kappa shape index (κ2) is 6.49. The number of carbonyl (C=O) groups excluding carboxylic acids is 1. The molecule has 1 aliphatic rings. The summed E-state index contributed by atoms with van der Waals surface area (Å²) in [5, 5.41) is 9.09. The molecule has 1 fully saturated rings. The number of halogens is 1. The molecule has 4 nitrogen and oxygen atoms in total. The van der Waals surface area contributed by atoms with Gasteiger partial charge in [-0.3, -0.25) is 4.79 Å². The quantitative estimate of drug-likeness (QED) is 0.796. The van der Waals surface area contributed by atoms with Gasteiger partial charge >= 0.3 is 5.97 Å². The molecule has 0 radical (unpaired) electrons. The maximum atomic E-state index is 12.9. The van der Waals surface area contributed by atoms with Gasteiger partial charge in [-0.15, -0.1) is 0 Å². The summed E-state index contributed by atoms with van der Waals surface area (Å²) in [6.45, 7) is 0.474. The lowest BCUT2D eigenvalue weighted by molar-refractivity contribution is -0.149. The molecule has 5 heteroatoms. The van der Waals surface area contributed by atoms with Crippen LogP contribution in [-0.2, 0) is 14.3 Å². The average Bonchev–Trinajstić information content (AvgIpc) is 2.49. The van der Waals surface area contributed by atoms with Crippen molar-refractivity contribution in [2.45, 2.75) is 24.9 Å². The summed E-state index contributed by atoms with van der Waals surface area (Å²) < 4.78 is 23.1. The van der Waals surface area contributed by atoms with Crippen LogP contribution in [0.5, 0.6) is 0 Å². The Kier molecular flexibility index (Phi) is 4.70. The van der Waals surface area contributed by atoms with E-state index in [-0.39, 0.29) is 11.7 Å². The van der Waals surface area contributed by atoms with Crippen molar-refractivity contribution in [3.63, 3.8) is 0 Å². The van der Waals surface area contributed by atoms with Crippen molar-refractivity contribution < 1.29 is 18.7 Å². The van der Waals surface area contributed by atoms with Crippen LogP contribution in [0.3, 0.4) is 0 Å². The van der Waals surface area contributed by atoms with E-state index in [0.717, 1.165) is 12.0 Å². The Bertz CT molecular complexity index is 509. The number of esters is 1. The third-order valence-corrected chi connectivity index (χ3v) is 3.62. The van der Waals surface area contributed by atoms with E-state index in [9.17, 15) is 9.18 Å². The molecule has 0 amide bonds. The zero-order chi connectivity index (χ0) is 14.5. The van der Waals surface area contributed by atoms with E-state index in [4.69, 9.17) is 10.00 Å². The molecular formula is C15H16FNO3. The summed E-state index contributed by atoms with van der Waals surface area (Å²) in [6.07, 6.45) is 0.872. The summed E-state index contributed by atoms with van der Waals surface area (Å²) in [4.78, 5) is 11.6. The summed E-state index contributed by atoms with van der Waals surface area (Å²) in [5.41, 5.74) is 1.00. The standard InChI is InChI=1S/C15H16FNO3/c1-19-15(18)13(9-17)14-8-11(6-7-20-14)10-2-4-12(16)5-3-10/h2-5,11,13-14H,6-8H2,1H3. The molecule has 2 rings (SSSR count). The van der Waals surface area contributed by atoms with E-state index in [1.807, 2.05) is 6.07 Å². The van der Waals surface area contributed by atoms with Crippen molar-refractivity contribution in [3.8, 4) is 6.07 Å². The van der Waals surface area contributed by atoms with E-state index >= 15 is 0 Å². The molecule has 0 saturated carbocycles. The van der Waals surface area contributed by atoms with E-state index in [1.54, 1.807) is 12.1 Å². The van der Waals surface area contributed by atoms with Crippen LogP contribution in [0.4, 0.5) is 4.39 Å². The monoisotopic (exact) mass is 277 g/mol. The van der Waals surface area contributed by atoms with Crippen molar-refractivity contribution in [1.82, 2.24) is 0 Å². The van der Waals surface area contributed by atoms with Gasteiger partial charge in [0.1, 0.15) is 5.82 Å². The molecule has 0 aliphatic carbocycles. The third kappa shape index (κ3) is 3.14. The van der Waals surface area contributed by atoms with Crippen LogP contribution >= 0.6 is 0 Å². The molecule has 3 unspecified atom stereocenters. The lowest BCUT2D eigenvalue weighted by Gasteiger charge is -2.31. The Hall–Kier alpha value is -1.93. The third-order valence-electron chi connectivity index (χ3n) is 3.62. The molecule has 0 spiro atoms. The highest BCUT2D eigenvalue weighted by atomic mass is 19.1. The highest BCUT2D eigenvalue weighted by molar-refractivity contribution is 5.75. The van der Waals surface area contributed by atoms with Crippen LogP contribution in [0.15, 0.2) is 24.3 Å². The molecule has 20 heavy (non-hydrogen) atoms. The Morgan fingerprint density at radius 2 is 2.20 bits per heavy atom. The Balaban J connectivity index is 2.10. The fourth-order valence-corrected chi connectivity index (χ4v) is 2.51. The van der Waals surface area contributed by atoms with E-state index < -0.39 is 18.0 Å². The van der Waals surface area contributed by atoms with E-state index in [1.165, 1.54) is 19.2 Å². The van der Waals surface area contributed by atoms with Gasteiger partial charge in [0.25, 0.3) is 0 Å². The second-order valence-electron chi connectivity index (χ2n) is 4.81. The van der Waals surface area contributed by atoms with Crippen molar-refractivity contribution in [2.24, 2.45) is 5.92 Å². The number of ether oxygens (including phenoxy) is 2. The number of benzene rings is 1. The lowest BCUT2D eigenvalue weighted by Crippen LogP contribution is -2.35. The maximum absolute atomic E-state index is 12.9. The first-order valence-corrected chi connectivity index (χ1v) is 6.50. The van der Waals surface area contributed by atoms with Gasteiger partial charge in [-0.05, 0) is 36.5 Å². The fourth-order valence-electron chi connectivity index (χ4n) is 2.51. The van der Waals surface area contributed by atoms with Gasteiger partial charge in [-0.25, -0.2) is 4.39 Å². The number of methoxy groups -OCH3 is 1. The molecule has 3 atom stereocenters. The van der Waals surface area contributed by atoms with Gasteiger partial charge in [0, 0.05) is 6.61 Å². The van der Waals surface area contributed by atoms with Crippen molar-refractivity contribution in [3.05, 3.63) is 35.6 Å². The minimum Gasteiger partial charge on any atom is -0.468 e. The molecule has 106 valence electrons. The average molecular weight is 277 g/mol. The largest absolute Gasteiger partial charge is 0.468 e. The van der Waals surface area contributed by atoms with Crippen molar-refractivity contribution in [1.29, 1.82) is 5.26 Å². The Morgan fingerprint density at radius 3 is 2.80 bits per heavy atom. The molecule has 0 N–H and O–H groups in total. The minimum atomic E-state index is -0.914. The number of nitrogens with zero attached hydrogens (tertiary/aromatic N) is 1. The van der Waals surface area contributed by atoms with Gasteiger partial charge in [-0.2, -0.15) is 5.26 Å². The topological polar surface area (TPSA) is 59.3 Å². The highest BCUT2D eigenvalue weighted by Gasteiger charge is 2.35. The van der Waals surface area contributed by atoms with Gasteiger partial charge < -0.3 is 9.47 Å². The second-order valence-corrected chi connectivity index (χ2v) is 4.81. The van der Waals surface area contributed by atoms with Crippen LogP contribution in [0, 0.1) is 23.1 Å². The first-order chi connectivity index (χ1) is 9.65. The molecular weight excluding hydrogens is 261 g/mol. The Morgan fingerprint density at radius 1 is 1.50 bits per heavy atom. The molecule has 1 aliphatic heterocycles. The number of rotatable bonds is 3. The van der Waals surface area contributed by atoms with Crippen molar-refractivity contribution in [2.75, 3.05) is 13.7 Å². The number of hydrogen-bond acceptors (Lipinski definition) is 4. The lowest BCUT2D eigenvalue weighted by atomic mass is 9.85. The number of carbonyl (C=O) groups is 1. The molecule has 0 bridgehead atoms. The smallest absolute Gasteiger partial charge is 0.325 e. The summed E-state index contributed by atoms with van der Waals surface area (Å²) in [6, 6.07) is 8.26. The van der Waals surface area contributed by atoms with Crippen LogP contribution in [-0.4, -0.2) is 25.8 Å². The van der Waals surface area contributed by atoms with Gasteiger partial charge in [-0.1, -0.05) is 12.1 Å². The zero-order valence-electron chi connectivity index (χ0n) is 11.2. The Labute approximate surface area is 117 Å². The predicted molar refractivity (Wildman–Crippen MR) is 69.2 cm³/mol. The van der Waals surface area contributed by atoms with Crippen molar-refractivity contribution >= 4 is 5.97 Å². The first-order valence-electron chi connectivity index (χ1n) is 6.50. The van der Waals surface area contributed by atoms with E-state index in [0.29, 0.717) is 13.0 Å². The zero-order valence-corrected chi connectivity index (χ0v) is 11.2.